The molecule has 1 aliphatic rings. The van der Waals surface area contributed by atoms with Gasteiger partial charge in [-0.3, -0.25) is 9.59 Å². The molecule has 5 nitrogen and oxygen atoms in total. The molecule has 130 valence electrons. The summed E-state index contributed by atoms with van der Waals surface area (Å²) in [6, 6.07) is 15.4. The zero-order valence-electron chi connectivity index (χ0n) is 14.5. The second kappa shape index (κ2) is 7.38. The van der Waals surface area contributed by atoms with E-state index in [9.17, 15) is 9.59 Å². The van der Waals surface area contributed by atoms with Crippen molar-refractivity contribution in [2.45, 2.75) is 19.9 Å². The van der Waals surface area contributed by atoms with Crippen LogP contribution in [0.25, 0.3) is 0 Å². The minimum absolute atomic E-state index is 0.0554. The molecule has 0 aliphatic carbocycles. The van der Waals surface area contributed by atoms with Crippen molar-refractivity contribution in [3.8, 4) is 5.75 Å². The average Bonchev–Trinajstić information content (AvgIpc) is 3.01. The Morgan fingerprint density at radius 2 is 2.04 bits per heavy atom. The molecule has 0 spiro atoms. The number of amides is 2. The molecule has 0 saturated carbocycles. The predicted molar refractivity (Wildman–Crippen MR) is 96.5 cm³/mol. The minimum Gasteiger partial charge on any atom is -0.495 e. The van der Waals surface area contributed by atoms with Crippen LogP contribution in [0.1, 0.15) is 17.5 Å². The van der Waals surface area contributed by atoms with E-state index in [1.807, 2.05) is 55.5 Å². The number of hydrogen-bond donors (Lipinski definition) is 1. The van der Waals surface area contributed by atoms with Crippen molar-refractivity contribution < 1.29 is 14.3 Å². The van der Waals surface area contributed by atoms with Gasteiger partial charge in [-0.15, -0.1) is 0 Å². The van der Waals surface area contributed by atoms with Crippen LogP contribution in [0.15, 0.2) is 48.5 Å². The van der Waals surface area contributed by atoms with Gasteiger partial charge in [0.15, 0.2) is 0 Å². The number of methoxy groups -OCH3 is 1. The topological polar surface area (TPSA) is 58.6 Å². The number of carbonyl (C=O) groups is 2. The summed E-state index contributed by atoms with van der Waals surface area (Å²) in [7, 11) is 1.57. The number of ether oxygens (including phenoxy) is 1. The molecule has 2 aromatic carbocycles. The first-order valence-corrected chi connectivity index (χ1v) is 8.35. The van der Waals surface area contributed by atoms with E-state index in [2.05, 4.69) is 5.32 Å². The number of carbonyl (C=O) groups excluding carboxylic acids is 2. The van der Waals surface area contributed by atoms with E-state index in [0.717, 1.165) is 11.1 Å². The Kier molecular flexibility index (Phi) is 5.03. The number of anilines is 1. The Morgan fingerprint density at radius 3 is 2.80 bits per heavy atom. The zero-order valence-corrected chi connectivity index (χ0v) is 14.5. The van der Waals surface area contributed by atoms with Crippen LogP contribution in [0.3, 0.4) is 0 Å². The van der Waals surface area contributed by atoms with Crippen LogP contribution in [0.2, 0.25) is 0 Å². The molecule has 0 aromatic heterocycles. The molecule has 1 fully saturated rings. The van der Waals surface area contributed by atoms with Gasteiger partial charge in [-0.05, 0) is 24.6 Å². The lowest BCUT2D eigenvalue weighted by atomic mass is 10.1. The summed E-state index contributed by atoms with van der Waals surface area (Å²) in [5.41, 5.74) is 2.92. The highest BCUT2D eigenvalue weighted by Gasteiger charge is 2.36. The average molecular weight is 338 g/mol. The van der Waals surface area contributed by atoms with Gasteiger partial charge < -0.3 is 15.0 Å². The van der Waals surface area contributed by atoms with E-state index in [1.54, 1.807) is 12.0 Å². The number of nitrogens with zero attached hydrogens (tertiary/aromatic N) is 1. The largest absolute Gasteiger partial charge is 0.495 e. The molecule has 2 amide bonds. The van der Waals surface area contributed by atoms with Crippen molar-refractivity contribution in [1.82, 2.24) is 5.32 Å². The summed E-state index contributed by atoms with van der Waals surface area (Å²) in [4.78, 5) is 26.5. The Balaban J connectivity index is 1.64. The van der Waals surface area contributed by atoms with Crippen molar-refractivity contribution in [3.63, 3.8) is 0 Å². The third-order valence-corrected chi connectivity index (χ3v) is 4.42. The fourth-order valence-corrected chi connectivity index (χ4v) is 3.12. The molecule has 1 atom stereocenters. The highest BCUT2D eigenvalue weighted by atomic mass is 16.5. The van der Waals surface area contributed by atoms with Gasteiger partial charge in [-0.1, -0.05) is 42.0 Å². The van der Waals surface area contributed by atoms with Crippen molar-refractivity contribution in [2.75, 3.05) is 18.6 Å². The number of benzene rings is 2. The smallest absolute Gasteiger partial charge is 0.227 e. The van der Waals surface area contributed by atoms with E-state index in [1.165, 1.54) is 0 Å². The standard InChI is InChI=1S/C20H22N2O3/c1-14-6-5-7-15(10-14)12-21-20(24)16-11-19(23)22(13-16)17-8-3-4-9-18(17)25-2/h3-10,16H,11-13H2,1-2H3,(H,21,24). The van der Waals surface area contributed by atoms with Crippen molar-refractivity contribution in [1.29, 1.82) is 0 Å². The maximum absolute atomic E-state index is 12.5. The SMILES string of the molecule is COc1ccccc1N1CC(C(=O)NCc2cccc(C)c2)CC1=O. The Bertz CT molecular complexity index is 788. The molecule has 1 heterocycles. The van der Waals surface area contributed by atoms with E-state index in [-0.39, 0.29) is 24.2 Å². The number of para-hydroxylation sites is 2. The monoisotopic (exact) mass is 338 g/mol. The Morgan fingerprint density at radius 1 is 1.24 bits per heavy atom. The Labute approximate surface area is 147 Å². The van der Waals surface area contributed by atoms with Crippen LogP contribution in [0.5, 0.6) is 5.75 Å². The fourth-order valence-electron chi connectivity index (χ4n) is 3.12. The van der Waals surface area contributed by atoms with Crippen LogP contribution in [-0.4, -0.2) is 25.5 Å². The van der Waals surface area contributed by atoms with E-state index in [0.29, 0.717) is 24.5 Å². The van der Waals surface area contributed by atoms with Crippen molar-refractivity contribution in [2.24, 2.45) is 5.92 Å². The van der Waals surface area contributed by atoms with E-state index in [4.69, 9.17) is 4.74 Å². The fraction of sp³-hybridized carbons (Fsp3) is 0.300. The predicted octanol–water partition coefficient (Wildman–Crippen LogP) is 2.67. The summed E-state index contributed by atoms with van der Waals surface area (Å²) in [6.45, 7) is 2.87. The second-order valence-electron chi connectivity index (χ2n) is 6.28. The Hall–Kier alpha value is -2.82. The van der Waals surface area contributed by atoms with Crippen LogP contribution in [-0.2, 0) is 16.1 Å². The number of rotatable bonds is 5. The summed E-state index contributed by atoms with van der Waals surface area (Å²) in [5.74, 6) is 0.145. The van der Waals surface area contributed by atoms with Gasteiger partial charge in [-0.2, -0.15) is 0 Å². The number of hydrogen-bond acceptors (Lipinski definition) is 3. The molecule has 1 N–H and O–H groups in total. The number of nitrogens with one attached hydrogen (secondary N) is 1. The molecule has 5 heteroatoms. The van der Waals surface area contributed by atoms with Gasteiger partial charge >= 0.3 is 0 Å². The molecule has 1 unspecified atom stereocenters. The number of aryl methyl sites for hydroxylation is 1. The van der Waals surface area contributed by atoms with Crippen LogP contribution in [0, 0.1) is 12.8 Å². The molecule has 25 heavy (non-hydrogen) atoms. The van der Waals surface area contributed by atoms with Crippen LogP contribution >= 0.6 is 0 Å². The molecule has 0 bridgehead atoms. The molecule has 2 aromatic rings. The maximum atomic E-state index is 12.5. The second-order valence-corrected chi connectivity index (χ2v) is 6.28. The molecule has 0 radical (unpaired) electrons. The van der Waals surface area contributed by atoms with Crippen molar-refractivity contribution in [3.05, 3.63) is 59.7 Å². The summed E-state index contributed by atoms with van der Waals surface area (Å²) >= 11 is 0. The van der Waals surface area contributed by atoms with Gasteiger partial charge in [0.2, 0.25) is 11.8 Å². The van der Waals surface area contributed by atoms with Gasteiger partial charge in [-0.25, -0.2) is 0 Å². The lowest BCUT2D eigenvalue weighted by molar-refractivity contribution is -0.126. The first-order chi connectivity index (χ1) is 12.1. The third-order valence-electron chi connectivity index (χ3n) is 4.42. The lowest BCUT2D eigenvalue weighted by Gasteiger charge is -2.19. The first-order valence-electron chi connectivity index (χ1n) is 8.35. The molecular weight excluding hydrogens is 316 g/mol. The quantitative estimate of drug-likeness (QED) is 0.912. The molecular formula is C20H22N2O3. The summed E-state index contributed by atoms with van der Waals surface area (Å²) in [5, 5.41) is 2.94. The highest BCUT2D eigenvalue weighted by Crippen LogP contribution is 2.32. The van der Waals surface area contributed by atoms with Crippen LogP contribution in [0.4, 0.5) is 5.69 Å². The summed E-state index contributed by atoms with van der Waals surface area (Å²) in [6.07, 6.45) is 0.220. The van der Waals surface area contributed by atoms with E-state index >= 15 is 0 Å². The van der Waals surface area contributed by atoms with Crippen molar-refractivity contribution >= 4 is 17.5 Å². The molecule has 1 saturated heterocycles. The highest BCUT2D eigenvalue weighted by molar-refractivity contribution is 6.01. The lowest BCUT2D eigenvalue weighted by Crippen LogP contribution is -2.32. The normalized spacial score (nSPS) is 16.8. The first kappa shape index (κ1) is 17.0. The molecule has 3 rings (SSSR count). The zero-order chi connectivity index (χ0) is 17.8. The maximum Gasteiger partial charge on any atom is 0.227 e. The van der Waals surface area contributed by atoms with Crippen LogP contribution < -0.4 is 15.0 Å². The molecule has 1 aliphatic heterocycles. The summed E-state index contributed by atoms with van der Waals surface area (Å²) < 4.78 is 5.32. The van der Waals surface area contributed by atoms with Gasteiger partial charge in [0.1, 0.15) is 5.75 Å². The van der Waals surface area contributed by atoms with E-state index < -0.39 is 0 Å². The minimum atomic E-state index is -0.345. The third kappa shape index (κ3) is 3.82. The van der Waals surface area contributed by atoms with Gasteiger partial charge in [0.05, 0.1) is 18.7 Å². The van der Waals surface area contributed by atoms with Gasteiger partial charge in [0.25, 0.3) is 0 Å². The van der Waals surface area contributed by atoms with Gasteiger partial charge in [0, 0.05) is 19.5 Å².